The summed E-state index contributed by atoms with van der Waals surface area (Å²) >= 11 is 0. The molecule has 3 heterocycles. The van der Waals surface area contributed by atoms with E-state index >= 15 is 0 Å². The first-order valence-corrected chi connectivity index (χ1v) is 11.7. The summed E-state index contributed by atoms with van der Waals surface area (Å²) in [5, 5.41) is 0. The molecule has 6 nitrogen and oxygen atoms in total. The zero-order chi connectivity index (χ0) is 22.8. The molecule has 5 rings (SSSR count). The Balaban J connectivity index is 1.45. The molecule has 2 aliphatic heterocycles. The van der Waals surface area contributed by atoms with Crippen LogP contribution in [0.25, 0.3) is 0 Å². The molecule has 2 amide bonds. The Labute approximate surface area is 194 Å². The highest BCUT2D eigenvalue weighted by Gasteiger charge is 2.35. The first-order valence-electron chi connectivity index (χ1n) is 11.7. The van der Waals surface area contributed by atoms with Crippen LogP contribution in [0.3, 0.4) is 0 Å². The number of benzene rings is 2. The number of hydrogen-bond acceptors (Lipinski definition) is 4. The third-order valence-corrected chi connectivity index (χ3v) is 6.61. The monoisotopic (exact) mass is 440 g/mol. The number of fused-ring (bicyclic) bond motifs is 1. The van der Waals surface area contributed by atoms with Crippen LogP contribution in [0.2, 0.25) is 0 Å². The Bertz CT molecular complexity index is 1160. The van der Waals surface area contributed by atoms with Gasteiger partial charge in [-0.1, -0.05) is 60.7 Å². The van der Waals surface area contributed by atoms with E-state index in [0.717, 1.165) is 35.2 Å². The summed E-state index contributed by atoms with van der Waals surface area (Å²) in [6.45, 7) is 3.19. The third kappa shape index (κ3) is 4.38. The maximum absolute atomic E-state index is 13.1. The fourth-order valence-electron chi connectivity index (χ4n) is 4.89. The second-order valence-electron chi connectivity index (χ2n) is 8.84. The second kappa shape index (κ2) is 9.14. The summed E-state index contributed by atoms with van der Waals surface area (Å²) in [6.07, 6.45) is 3.27. The van der Waals surface area contributed by atoms with E-state index in [4.69, 9.17) is 9.97 Å². The van der Waals surface area contributed by atoms with Crippen LogP contribution in [-0.4, -0.2) is 33.2 Å². The molecule has 1 fully saturated rings. The van der Waals surface area contributed by atoms with Crippen LogP contribution in [0.15, 0.2) is 60.7 Å². The van der Waals surface area contributed by atoms with Crippen molar-refractivity contribution < 1.29 is 9.59 Å². The van der Waals surface area contributed by atoms with Gasteiger partial charge in [-0.15, -0.1) is 0 Å². The molecule has 1 saturated heterocycles. The van der Waals surface area contributed by atoms with Crippen molar-refractivity contribution in [3.8, 4) is 0 Å². The van der Waals surface area contributed by atoms with Crippen LogP contribution >= 0.6 is 0 Å². The van der Waals surface area contributed by atoms with E-state index in [2.05, 4.69) is 0 Å². The summed E-state index contributed by atoms with van der Waals surface area (Å²) in [4.78, 5) is 39.5. The number of anilines is 1. The first-order chi connectivity index (χ1) is 16.1. The van der Waals surface area contributed by atoms with E-state index < -0.39 is 0 Å². The topological polar surface area (TPSA) is 66.4 Å². The van der Waals surface area contributed by atoms with Crippen molar-refractivity contribution in [1.82, 2.24) is 14.9 Å². The molecule has 1 aromatic heterocycles. The SMILES string of the molecule is Cc1nc([C@@H]2CCCN2C(=O)Cc2ccccc2)nc2c1CCC(=O)N2Cc1ccccc1. The molecular formula is C27H28N4O2. The van der Waals surface area contributed by atoms with Crippen molar-refractivity contribution in [3.05, 3.63) is 88.9 Å². The minimum Gasteiger partial charge on any atom is -0.332 e. The van der Waals surface area contributed by atoms with Gasteiger partial charge in [-0.05, 0) is 37.3 Å². The fourth-order valence-corrected chi connectivity index (χ4v) is 4.89. The van der Waals surface area contributed by atoms with Crippen LogP contribution in [0, 0.1) is 6.92 Å². The molecule has 1 atom stereocenters. The van der Waals surface area contributed by atoms with Gasteiger partial charge in [0, 0.05) is 24.2 Å². The minimum absolute atomic E-state index is 0.0823. The average Bonchev–Trinajstić information content (AvgIpc) is 3.32. The van der Waals surface area contributed by atoms with E-state index in [1.807, 2.05) is 72.5 Å². The average molecular weight is 441 g/mol. The molecular weight excluding hydrogens is 412 g/mol. The van der Waals surface area contributed by atoms with Gasteiger partial charge in [0.15, 0.2) is 5.82 Å². The van der Waals surface area contributed by atoms with Crippen LogP contribution < -0.4 is 4.90 Å². The molecule has 0 N–H and O–H groups in total. The molecule has 0 bridgehead atoms. The number of nitrogens with zero attached hydrogens (tertiary/aromatic N) is 4. The highest BCUT2D eigenvalue weighted by Crippen LogP contribution is 2.35. The van der Waals surface area contributed by atoms with E-state index in [1.165, 1.54) is 0 Å². The lowest BCUT2D eigenvalue weighted by Crippen LogP contribution is -2.37. The number of rotatable bonds is 5. The number of carbonyl (C=O) groups is 2. The molecule has 0 unspecified atom stereocenters. The van der Waals surface area contributed by atoms with Crippen molar-refractivity contribution in [3.63, 3.8) is 0 Å². The van der Waals surface area contributed by atoms with E-state index in [9.17, 15) is 9.59 Å². The molecule has 6 heteroatoms. The van der Waals surface area contributed by atoms with Gasteiger partial charge in [0.1, 0.15) is 5.82 Å². The van der Waals surface area contributed by atoms with Crippen molar-refractivity contribution in [1.29, 1.82) is 0 Å². The smallest absolute Gasteiger partial charge is 0.228 e. The van der Waals surface area contributed by atoms with E-state index in [1.54, 1.807) is 4.90 Å². The van der Waals surface area contributed by atoms with Gasteiger partial charge < -0.3 is 4.90 Å². The van der Waals surface area contributed by atoms with Crippen LogP contribution in [0.1, 0.15) is 53.5 Å². The minimum atomic E-state index is -0.152. The maximum atomic E-state index is 13.1. The number of aromatic nitrogens is 2. The fraction of sp³-hybridized carbons (Fsp3) is 0.333. The largest absolute Gasteiger partial charge is 0.332 e. The molecule has 0 saturated carbocycles. The van der Waals surface area contributed by atoms with Crippen LogP contribution in [-0.2, 0) is 29.0 Å². The van der Waals surface area contributed by atoms with Gasteiger partial charge in [0.2, 0.25) is 11.8 Å². The highest BCUT2D eigenvalue weighted by molar-refractivity contribution is 5.95. The summed E-state index contributed by atoms with van der Waals surface area (Å²) in [7, 11) is 0. The Morgan fingerprint density at radius 3 is 2.39 bits per heavy atom. The standard InChI is InChI=1S/C27H28N4O2/c1-19-22-14-15-24(32)31(18-21-11-6-3-7-12-21)27(22)29-26(28-19)23-13-8-16-30(23)25(33)17-20-9-4-2-5-10-20/h2-7,9-12,23H,8,13-18H2,1H3/t23-/m0/s1. The van der Waals surface area contributed by atoms with Gasteiger partial charge >= 0.3 is 0 Å². The summed E-state index contributed by atoms with van der Waals surface area (Å²) in [5.74, 6) is 1.54. The normalized spacial score (nSPS) is 17.8. The zero-order valence-corrected chi connectivity index (χ0v) is 18.9. The first kappa shape index (κ1) is 21.3. The predicted molar refractivity (Wildman–Crippen MR) is 127 cm³/mol. The number of aryl methyl sites for hydroxylation is 1. The zero-order valence-electron chi connectivity index (χ0n) is 18.9. The van der Waals surface area contributed by atoms with Gasteiger partial charge in [-0.25, -0.2) is 9.97 Å². The van der Waals surface area contributed by atoms with Crippen molar-refractivity contribution in [2.75, 3.05) is 11.4 Å². The number of carbonyl (C=O) groups excluding carboxylic acids is 2. The van der Waals surface area contributed by atoms with Crippen molar-refractivity contribution >= 4 is 17.6 Å². The van der Waals surface area contributed by atoms with E-state index in [-0.39, 0.29) is 17.9 Å². The van der Waals surface area contributed by atoms with E-state index in [0.29, 0.717) is 44.0 Å². The molecule has 168 valence electrons. The molecule has 2 aliphatic rings. The van der Waals surface area contributed by atoms with Crippen LogP contribution in [0.4, 0.5) is 5.82 Å². The summed E-state index contributed by atoms with van der Waals surface area (Å²) in [5.41, 5.74) is 4.02. The lowest BCUT2D eigenvalue weighted by atomic mass is 10.0. The Hall–Kier alpha value is -3.54. The Morgan fingerprint density at radius 1 is 0.970 bits per heavy atom. The molecule has 2 aromatic carbocycles. The molecule has 33 heavy (non-hydrogen) atoms. The quantitative estimate of drug-likeness (QED) is 0.597. The Kier molecular flexibility index (Phi) is 5.90. The van der Waals surface area contributed by atoms with Crippen molar-refractivity contribution in [2.24, 2.45) is 0 Å². The van der Waals surface area contributed by atoms with Crippen molar-refractivity contribution in [2.45, 2.75) is 51.6 Å². The maximum Gasteiger partial charge on any atom is 0.228 e. The number of amides is 2. The number of likely N-dealkylation sites (tertiary alicyclic amines) is 1. The summed E-state index contributed by atoms with van der Waals surface area (Å²) < 4.78 is 0. The molecule has 0 aliphatic carbocycles. The lowest BCUT2D eigenvalue weighted by molar-refractivity contribution is -0.131. The predicted octanol–water partition coefficient (Wildman–Crippen LogP) is 4.17. The van der Waals surface area contributed by atoms with Gasteiger partial charge in [-0.2, -0.15) is 0 Å². The van der Waals surface area contributed by atoms with Gasteiger partial charge in [0.05, 0.1) is 19.0 Å². The van der Waals surface area contributed by atoms with Crippen LogP contribution in [0.5, 0.6) is 0 Å². The van der Waals surface area contributed by atoms with Gasteiger partial charge in [-0.3, -0.25) is 14.5 Å². The number of hydrogen-bond donors (Lipinski definition) is 0. The highest BCUT2D eigenvalue weighted by atomic mass is 16.2. The third-order valence-electron chi connectivity index (χ3n) is 6.61. The molecule has 0 radical (unpaired) electrons. The molecule has 0 spiro atoms. The second-order valence-corrected chi connectivity index (χ2v) is 8.84. The Morgan fingerprint density at radius 2 is 1.67 bits per heavy atom. The lowest BCUT2D eigenvalue weighted by Gasteiger charge is -2.31. The summed E-state index contributed by atoms with van der Waals surface area (Å²) in [6, 6.07) is 19.7. The molecule has 3 aromatic rings. The van der Waals surface area contributed by atoms with Gasteiger partial charge in [0.25, 0.3) is 0 Å².